The second-order valence-corrected chi connectivity index (χ2v) is 9.43. The Bertz CT molecular complexity index is 1600. The highest BCUT2D eigenvalue weighted by Gasteiger charge is 2.47. The van der Waals surface area contributed by atoms with E-state index in [2.05, 4.69) is 0 Å². The molecular weight excluding hydrogens is 541 g/mol. The molecule has 5 rings (SSSR count). The molecule has 1 atom stereocenters. The second-order valence-electron chi connectivity index (χ2n) is 8.62. The molecule has 1 aliphatic rings. The Morgan fingerprint density at radius 2 is 1.49 bits per heavy atom. The van der Waals surface area contributed by atoms with Gasteiger partial charge in [-0.05, 0) is 54.1 Å². The minimum absolute atomic E-state index is 0.101. The molecule has 196 valence electrons. The predicted octanol–water partition coefficient (Wildman–Crippen LogP) is 7.13. The van der Waals surface area contributed by atoms with E-state index in [9.17, 15) is 19.8 Å². The van der Waals surface area contributed by atoms with Crippen molar-refractivity contribution in [3.8, 4) is 23.0 Å². The lowest BCUT2D eigenvalue weighted by Gasteiger charge is -2.26. The number of Topliss-reactive ketones (excluding diaryl/α,β-unsaturated/α-hetero) is 1. The number of benzene rings is 4. The summed E-state index contributed by atoms with van der Waals surface area (Å²) in [5, 5.41) is 22.2. The number of hydrogen-bond acceptors (Lipinski definition) is 6. The molecule has 4 aromatic carbocycles. The van der Waals surface area contributed by atoms with E-state index in [1.54, 1.807) is 48.5 Å². The number of phenolic OH excluding ortho intramolecular Hbond substituents is 1. The first-order valence-corrected chi connectivity index (χ1v) is 12.5. The number of ketones is 1. The van der Waals surface area contributed by atoms with Gasteiger partial charge >= 0.3 is 0 Å². The zero-order valence-corrected chi connectivity index (χ0v) is 22.0. The number of methoxy groups -OCH3 is 1. The highest BCUT2D eigenvalue weighted by Crippen LogP contribution is 2.46. The Hall–Kier alpha value is -4.46. The summed E-state index contributed by atoms with van der Waals surface area (Å²) in [6, 6.07) is 23.7. The maximum atomic E-state index is 13.5. The van der Waals surface area contributed by atoms with Crippen molar-refractivity contribution in [2.45, 2.75) is 6.04 Å². The van der Waals surface area contributed by atoms with Crippen LogP contribution in [0.25, 0.3) is 5.76 Å². The van der Waals surface area contributed by atoms with Crippen LogP contribution in [-0.2, 0) is 9.59 Å². The standard InChI is InChI=1S/C30H21Cl2NO6/c1-38-29-21(31)15-18(16-22(29)32)27(35)25-26(33(30(37)28(25)36)23-12-5-6-13-24(23)34)17-8-7-11-20(14-17)39-19-9-3-2-4-10-19/h2-16,26,34-35H,1H3/b27-25+. The molecule has 1 saturated heterocycles. The van der Waals surface area contributed by atoms with Crippen LogP contribution in [0.5, 0.6) is 23.0 Å². The number of halogens is 2. The monoisotopic (exact) mass is 561 g/mol. The maximum absolute atomic E-state index is 13.5. The minimum Gasteiger partial charge on any atom is -0.507 e. The number of rotatable bonds is 6. The minimum atomic E-state index is -1.11. The number of aliphatic hydroxyl groups is 1. The first-order valence-electron chi connectivity index (χ1n) is 11.8. The zero-order valence-electron chi connectivity index (χ0n) is 20.5. The highest BCUT2D eigenvalue weighted by molar-refractivity contribution is 6.52. The van der Waals surface area contributed by atoms with Crippen LogP contribution in [0, 0.1) is 0 Å². The number of hydrogen-bond donors (Lipinski definition) is 2. The van der Waals surface area contributed by atoms with E-state index in [-0.39, 0.29) is 38.4 Å². The molecule has 0 aromatic heterocycles. The number of nitrogens with zero attached hydrogens (tertiary/aromatic N) is 1. The summed E-state index contributed by atoms with van der Waals surface area (Å²) in [5.74, 6) is -1.34. The normalized spacial score (nSPS) is 16.4. The van der Waals surface area contributed by atoms with E-state index in [1.165, 1.54) is 31.4 Å². The van der Waals surface area contributed by atoms with Crippen molar-refractivity contribution in [1.29, 1.82) is 0 Å². The van der Waals surface area contributed by atoms with E-state index in [0.717, 1.165) is 4.90 Å². The van der Waals surface area contributed by atoms with E-state index in [4.69, 9.17) is 32.7 Å². The lowest BCUT2D eigenvalue weighted by atomic mass is 9.95. The summed E-state index contributed by atoms with van der Waals surface area (Å²) in [6.07, 6.45) is 0. The molecule has 1 amide bonds. The summed E-state index contributed by atoms with van der Waals surface area (Å²) >= 11 is 12.6. The highest BCUT2D eigenvalue weighted by atomic mass is 35.5. The first-order chi connectivity index (χ1) is 18.8. The predicted molar refractivity (Wildman–Crippen MR) is 149 cm³/mol. The SMILES string of the molecule is COc1c(Cl)cc(/C(O)=C2\C(=O)C(=O)N(c3ccccc3O)C2c2cccc(Oc3ccccc3)c2)cc1Cl. The Morgan fingerprint density at radius 1 is 0.846 bits per heavy atom. The van der Waals surface area contributed by atoms with Crippen molar-refractivity contribution in [2.75, 3.05) is 12.0 Å². The van der Waals surface area contributed by atoms with E-state index in [1.807, 2.05) is 18.2 Å². The summed E-state index contributed by atoms with van der Waals surface area (Å²) in [6.45, 7) is 0. The number of aliphatic hydroxyl groups excluding tert-OH is 1. The van der Waals surface area contributed by atoms with Crippen molar-refractivity contribution < 1.29 is 29.3 Å². The molecule has 0 spiro atoms. The molecule has 0 saturated carbocycles. The van der Waals surface area contributed by atoms with Crippen molar-refractivity contribution >= 4 is 46.3 Å². The molecule has 1 heterocycles. The molecule has 2 N–H and O–H groups in total. The molecule has 9 heteroatoms. The van der Waals surface area contributed by atoms with Gasteiger partial charge in [0.1, 0.15) is 23.0 Å². The molecule has 0 aliphatic carbocycles. The Kier molecular flexibility index (Phi) is 7.19. The Labute approximate surface area is 234 Å². The van der Waals surface area contributed by atoms with Crippen LogP contribution in [0.2, 0.25) is 10.0 Å². The number of aromatic hydroxyl groups is 1. The molecule has 1 unspecified atom stereocenters. The van der Waals surface area contributed by atoms with Gasteiger partial charge in [-0.1, -0.05) is 65.7 Å². The van der Waals surface area contributed by atoms with Crippen LogP contribution in [0.3, 0.4) is 0 Å². The van der Waals surface area contributed by atoms with Gasteiger partial charge in [0.2, 0.25) is 0 Å². The van der Waals surface area contributed by atoms with Crippen LogP contribution in [0.1, 0.15) is 17.2 Å². The number of carbonyl (C=O) groups excluding carboxylic acids is 2. The fraction of sp³-hybridized carbons (Fsp3) is 0.0667. The fourth-order valence-electron chi connectivity index (χ4n) is 4.48. The van der Waals surface area contributed by atoms with E-state index < -0.39 is 23.5 Å². The number of amides is 1. The summed E-state index contributed by atoms with van der Waals surface area (Å²) < 4.78 is 11.2. The van der Waals surface area contributed by atoms with Gasteiger partial charge < -0.3 is 19.7 Å². The third kappa shape index (κ3) is 4.90. The molecule has 1 fully saturated rings. The maximum Gasteiger partial charge on any atom is 0.300 e. The average Bonchev–Trinajstić information content (AvgIpc) is 3.19. The molecule has 4 aromatic rings. The third-order valence-corrected chi connectivity index (χ3v) is 6.78. The van der Waals surface area contributed by atoms with Crippen LogP contribution in [0.4, 0.5) is 5.69 Å². The smallest absolute Gasteiger partial charge is 0.300 e. The fourth-order valence-corrected chi connectivity index (χ4v) is 5.13. The summed E-state index contributed by atoms with van der Waals surface area (Å²) in [4.78, 5) is 28.0. The van der Waals surface area contributed by atoms with Gasteiger partial charge in [0.05, 0.1) is 34.5 Å². The van der Waals surface area contributed by atoms with Crippen molar-refractivity contribution in [2.24, 2.45) is 0 Å². The quantitative estimate of drug-likeness (QED) is 0.148. The van der Waals surface area contributed by atoms with E-state index >= 15 is 0 Å². The van der Waals surface area contributed by atoms with Gasteiger partial charge in [0, 0.05) is 5.56 Å². The lowest BCUT2D eigenvalue weighted by Crippen LogP contribution is -2.29. The number of para-hydroxylation sites is 3. The largest absolute Gasteiger partial charge is 0.507 e. The van der Waals surface area contributed by atoms with Crippen LogP contribution < -0.4 is 14.4 Å². The second kappa shape index (κ2) is 10.7. The molecule has 0 radical (unpaired) electrons. The van der Waals surface area contributed by atoms with Crippen LogP contribution in [0.15, 0.2) is 96.6 Å². The van der Waals surface area contributed by atoms with Gasteiger partial charge in [-0.25, -0.2) is 0 Å². The van der Waals surface area contributed by atoms with Gasteiger partial charge in [-0.3, -0.25) is 14.5 Å². The molecular formula is C30H21Cl2NO6. The summed E-state index contributed by atoms with van der Waals surface area (Å²) in [7, 11) is 1.40. The van der Waals surface area contributed by atoms with Gasteiger partial charge in [-0.15, -0.1) is 0 Å². The summed E-state index contributed by atoms with van der Waals surface area (Å²) in [5.41, 5.74) is 0.460. The number of carbonyl (C=O) groups is 2. The topological polar surface area (TPSA) is 96.3 Å². The van der Waals surface area contributed by atoms with E-state index in [0.29, 0.717) is 17.1 Å². The van der Waals surface area contributed by atoms with Crippen LogP contribution >= 0.6 is 23.2 Å². The van der Waals surface area contributed by atoms with Crippen LogP contribution in [-0.4, -0.2) is 29.0 Å². The van der Waals surface area contributed by atoms with Crippen molar-refractivity contribution in [3.63, 3.8) is 0 Å². The molecule has 39 heavy (non-hydrogen) atoms. The number of anilines is 1. The molecule has 0 bridgehead atoms. The third-order valence-electron chi connectivity index (χ3n) is 6.21. The average molecular weight is 562 g/mol. The molecule has 1 aliphatic heterocycles. The zero-order chi connectivity index (χ0) is 27.7. The number of ether oxygens (including phenoxy) is 2. The van der Waals surface area contributed by atoms with Gasteiger partial charge in [0.15, 0.2) is 5.75 Å². The first kappa shape index (κ1) is 26.2. The Balaban J connectivity index is 1.70. The van der Waals surface area contributed by atoms with Gasteiger partial charge in [-0.2, -0.15) is 0 Å². The Morgan fingerprint density at radius 3 is 2.15 bits per heavy atom. The number of phenols is 1. The molecule has 7 nitrogen and oxygen atoms in total. The lowest BCUT2D eigenvalue weighted by molar-refractivity contribution is -0.132. The van der Waals surface area contributed by atoms with Gasteiger partial charge in [0.25, 0.3) is 11.7 Å². The van der Waals surface area contributed by atoms with Crippen molar-refractivity contribution in [1.82, 2.24) is 0 Å². The van der Waals surface area contributed by atoms with Crippen molar-refractivity contribution in [3.05, 3.63) is 118 Å².